The van der Waals surface area contributed by atoms with Gasteiger partial charge in [0, 0.05) is 29.7 Å². The minimum atomic E-state index is 0.0108. The Morgan fingerprint density at radius 2 is 2.16 bits per heavy atom. The topological polar surface area (TPSA) is 30.9 Å². The molecule has 2 rings (SSSR count). The van der Waals surface area contributed by atoms with E-state index in [9.17, 15) is 0 Å². The van der Waals surface area contributed by atoms with Crippen molar-refractivity contribution in [3.63, 3.8) is 0 Å². The van der Waals surface area contributed by atoms with Crippen LogP contribution in [0.5, 0.6) is 0 Å². The molecule has 1 aromatic heterocycles. The molecule has 0 fully saturated rings. The summed E-state index contributed by atoms with van der Waals surface area (Å²) in [6.07, 6.45) is 2.71. The Morgan fingerprint density at radius 1 is 1.47 bits per heavy atom. The van der Waals surface area contributed by atoms with Crippen molar-refractivity contribution in [2.24, 2.45) is 12.8 Å². The fourth-order valence-electron chi connectivity index (χ4n) is 2.44. The number of fused-ring (bicyclic) bond motifs is 1. The summed E-state index contributed by atoms with van der Waals surface area (Å²) in [5.41, 5.74) is 12.2. The molecule has 2 heteroatoms. The maximum Gasteiger partial charge on any atom is 0.0483 e. The van der Waals surface area contributed by atoms with Gasteiger partial charge >= 0.3 is 0 Å². The molecule has 2 N–H and O–H groups in total. The molecule has 0 aliphatic heterocycles. The van der Waals surface area contributed by atoms with Crippen molar-refractivity contribution in [1.82, 2.24) is 4.57 Å². The number of hydrogen-bond acceptors (Lipinski definition) is 1. The molecule has 1 atom stereocenters. The van der Waals surface area contributed by atoms with Crippen LogP contribution >= 0.6 is 0 Å². The smallest absolute Gasteiger partial charge is 0.0483 e. The van der Waals surface area contributed by atoms with Gasteiger partial charge in [0.25, 0.3) is 0 Å². The van der Waals surface area contributed by atoms with Gasteiger partial charge in [-0.3, -0.25) is 0 Å². The molecule has 2 aromatic rings. The standard InChI is InChI=1S/C17H22N2/c1-6-13-7-8-17-15(9-13)14(12(4)19(17)5)10-16(18)11(2)3/h6-9,16H,1-2,10,18H2,3-5H3. The number of nitrogens with two attached hydrogens (primary N) is 1. The van der Waals surface area contributed by atoms with Crippen molar-refractivity contribution in [3.05, 3.63) is 53.8 Å². The molecule has 2 nitrogen and oxygen atoms in total. The predicted octanol–water partition coefficient (Wildman–Crippen LogP) is 3.58. The van der Waals surface area contributed by atoms with E-state index in [0.717, 1.165) is 17.6 Å². The molecule has 1 heterocycles. The lowest BCUT2D eigenvalue weighted by molar-refractivity contribution is 0.759. The van der Waals surface area contributed by atoms with Gasteiger partial charge in [-0.25, -0.2) is 0 Å². The molecule has 1 unspecified atom stereocenters. The van der Waals surface area contributed by atoms with Crippen LogP contribution in [0.4, 0.5) is 0 Å². The van der Waals surface area contributed by atoms with Crippen LogP contribution in [-0.2, 0) is 13.5 Å². The molecule has 0 saturated carbocycles. The average molecular weight is 254 g/mol. The van der Waals surface area contributed by atoms with Crippen LogP contribution < -0.4 is 5.73 Å². The summed E-state index contributed by atoms with van der Waals surface area (Å²) in [6, 6.07) is 6.44. The van der Waals surface area contributed by atoms with Crippen LogP contribution in [0, 0.1) is 6.92 Å². The van der Waals surface area contributed by atoms with Crippen LogP contribution in [0.3, 0.4) is 0 Å². The normalized spacial score (nSPS) is 12.6. The van der Waals surface area contributed by atoms with Crippen LogP contribution in [0.1, 0.15) is 23.7 Å². The van der Waals surface area contributed by atoms with Crippen molar-refractivity contribution in [2.75, 3.05) is 0 Å². The average Bonchev–Trinajstić information content (AvgIpc) is 2.63. The van der Waals surface area contributed by atoms with E-state index in [0.29, 0.717) is 0 Å². The Kier molecular flexibility index (Phi) is 3.63. The van der Waals surface area contributed by atoms with E-state index >= 15 is 0 Å². The zero-order chi connectivity index (χ0) is 14.2. The fraction of sp³-hybridized carbons (Fsp3) is 0.294. The fourth-order valence-corrected chi connectivity index (χ4v) is 2.44. The minimum absolute atomic E-state index is 0.0108. The summed E-state index contributed by atoms with van der Waals surface area (Å²) >= 11 is 0. The van der Waals surface area contributed by atoms with Crippen molar-refractivity contribution in [1.29, 1.82) is 0 Å². The highest BCUT2D eigenvalue weighted by Gasteiger charge is 2.15. The first-order valence-electron chi connectivity index (χ1n) is 6.57. The van der Waals surface area contributed by atoms with Gasteiger partial charge in [-0.1, -0.05) is 30.9 Å². The second-order valence-electron chi connectivity index (χ2n) is 5.26. The summed E-state index contributed by atoms with van der Waals surface area (Å²) in [4.78, 5) is 0. The largest absolute Gasteiger partial charge is 0.348 e. The van der Waals surface area contributed by atoms with E-state index < -0.39 is 0 Å². The lowest BCUT2D eigenvalue weighted by Gasteiger charge is -2.11. The van der Waals surface area contributed by atoms with Crippen LogP contribution in [0.15, 0.2) is 36.9 Å². The van der Waals surface area contributed by atoms with Crippen LogP contribution in [0.2, 0.25) is 0 Å². The van der Waals surface area contributed by atoms with Gasteiger partial charge in [-0.2, -0.15) is 0 Å². The summed E-state index contributed by atoms with van der Waals surface area (Å²) in [7, 11) is 2.10. The van der Waals surface area contributed by atoms with E-state index in [-0.39, 0.29) is 6.04 Å². The molecule has 0 radical (unpaired) electrons. The van der Waals surface area contributed by atoms with Crippen LogP contribution in [-0.4, -0.2) is 10.6 Å². The maximum absolute atomic E-state index is 6.16. The van der Waals surface area contributed by atoms with Crippen molar-refractivity contribution >= 4 is 17.0 Å². The maximum atomic E-state index is 6.16. The van der Waals surface area contributed by atoms with Gasteiger partial charge in [-0.05, 0) is 43.5 Å². The van der Waals surface area contributed by atoms with E-state index in [1.165, 1.54) is 22.2 Å². The van der Waals surface area contributed by atoms with Gasteiger partial charge in [-0.15, -0.1) is 0 Å². The third-order valence-corrected chi connectivity index (χ3v) is 3.94. The van der Waals surface area contributed by atoms with E-state index in [1.54, 1.807) is 0 Å². The molecular formula is C17H22N2. The van der Waals surface area contributed by atoms with Gasteiger partial charge in [0.15, 0.2) is 0 Å². The third kappa shape index (κ3) is 2.36. The second kappa shape index (κ2) is 5.06. The Morgan fingerprint density at radius 3 is 2.74 bits per heavy atom. The quantitative estimate of drug-likeness (QED) is 0.831. The number of aryl methyl sites for hydroxylation is 1. The number of hydrogen-bond donors (Lipinski definition) is 1. The van der Waals surface area contributed by atoms with Gasteiger partial charge in [0.1, 0.15) is 0 Å². The molecule has 0 aliphatic carbocycles. The minimum Gasteiger partial charge on any atom is -0.348 e. The lowest BCUT2D eigenvalue weighted by Crippen LogP contribution is -2.23. The SMILES string of the molecule is C=Cc1ccc2c(c1)c(CC(N)C(=C)C)c(C)n2C. The Bertz CT molecular complexity index is 647. The van der Waals surface area contributed by atoms with Gasteiger partial charge in [0.05, 0.1) is 0 Å². The van der Waals surface area contributed by atoms with E-state index in [1.807, 2.05) is 13.0 Å². The van der Waals surface area contributed by atoms with Crippen LogP contribution in [0.25, 0.3) is 17.0 Å². The summed E-state index contributed by atoms with van der Waals surface area (Å²) in [6.45, 7) is 11.9. The molecule has 100 valence electrons. The monoisotopic (exact) mass is 254 g/mol. The Balaban J connectivity index is 2.61. The van der Waals surface area contributed by atoms with Crippen molar-refractivity contribution in [2.45, 2.75) is 26.3 Å². The van der Waals surface area contributed by atoms with Gasteiger partial charge < -0.3 is 10.3 Å². The first-order valence-corrected chi connectivity index (χ1v) is 6.57. The third-order valence-electron chi connectivity index (χ3n) is 3.94. The molecule has 0 saturated heterocycles. The summed E-state index contributed by atoms with van der Waals surface area (Å²) < 4.78 is 2.22. The zero-order valence-electron chi connectivity index (χ0n) is 12.0. The molecule has 1 aromatic carbocycles. The molecular weight excluding hydrogens is 232 g/mol. The number of nitrogens with zero attached hydrogens (tertiary/aromatic N) is 1. The highest BCUT2D eigenvalue weighted by Crippen LogP contribution is 2.27. The molecule has 0 aliphatic rings. The number of benzene rings is 1. The lowest BCUT2D eigenvalue weighted by atomic mass is 9.98. The summed E-state index contributed by atoms with van der Waals surface area (Å²) in [5.74, 6) is 0. The highest BCUT2D eigenvalue weighted by atomic mass is 14.9. The first kappa shape index (κ1) is 13.6. The highest BCUT2D eigenvalue weighted by molar-refractivity contribution is 5.87. The zero-order valence-corrected chi connectivity index (χ0v) is 12.0. The second-order valence-corrected chi connectivity index (χ2v) is 5.26. The molecule has 0 bridgehead atoms. The van der Waals surface area contributed by atoms with Crippen molar-refractivity contribution in [3.8, 4) is 0 Å². The molecule has 0 spiro atoms. The van der Waals surface area contributed by atoms with E-state index in [4.69, 9.17) is 5.73 Å². The summed E-state index contributed by atoms with van der Waals surface area (Å²) in [5, 5.41) is 1.27. The number of rotatable bonds is 4. The first-order chi connectivity index (χ1) is 8.95. The number of aromatic nitrogens is 1. The molecule has 0 amide bonds. The Hall–Kier alpha value is -1.80. The predicted molar refractivity (Wildman–Crippen MR) is 84.2 cm³/mol. The Labute approximate surface area is 115 Å². The van der Waals surface area contributed by atoms with E-state index in [2.05, 4.69) is 49.9 Å². The van der Waals surface area contributed by atoms with Gasteiger partial charge in [0.2, 0.25) is 0 Å². The van der Waals surface area contributed by atoms with Crippen molar-refractivity contribution < 1.29 is 0 Å². The molecule has 19 heavy (non-hydrogen) atoms.